The Kier molecular flexibility index (Phi) is 2.83. The summed E-state index contributed by atoms with van der Waals surface area (Å²) in [4.78, 5) is 0. The quantitative estimate of drug-likeness (QED) is 0.798. The zero-order valence-electron chi connectivity index (χ0n) is 10.8. The van der Waals surface area contributed by atoms with Gasteiger partial charge in [-0.05, 0) is 12.1 Å². The summed E-state index contributed by atoms with van der Waals surface area (Å²) >= 11 is 0. The minimum atomic E-state index is -0.543. The zero-order chi connectivity index (χ0) is 13.4. The molecule has 4 heteroatoms. The normalized spacial score (nSPS) is 24.0. The lowest BCUT2D eigenvalue weighted by molar-refractivity contribution is -0.251. The molecule has 0 saturated carbocycles. The molecule has 2 aromatic rings. The van der Waals surface area contributed by atoms with E-state index in [0.717, 1.165) is 22.6 Å². The van der Waals surface area contributed by atoms with E-state index in [9.17, 15) is 0 Å². The maximum absolute atomic E-state index is 5.81. The molecule has 0 fully saturated rings. The van der Waals surface area contributed by atoms with Gasteiger partial charge in [-0.25, -0.2) is 0 Å². The lowest BCUT2D eigenvalue weighted by atomic mass is 10.2. The average Bonchev–Trinajstić information content (AvgIpc) is 2.54. The molecule has 2 unspecified atom stereocenters. The van der Waals surface area contributed by atoms with Crippen LogP contribution in [0.5, 0.6) is 11.5 Å². The largest absolute Gasteiger partial charge is 0.458 e. The molecule has 2 atom stereocenters. The highest BCUT2D eigenvalue weighted by molar-refractivity contribution is 5.35. The van der Waals surface area contributed by atoms with Gasteiger partial charge in [0.25, 0.3) is 12.6 Å². The van der Waals surface area contributed by atoms with Crippen LogP contribution in [0.3, 0.4) is 0 Å². The molecule has 0 radical (unpaired) electrons. The summed E-state index contributed by atoms with van der Waals surface area (Å²) in [7, 11) is 0. The predicted molar refractivity (Wildman–Crippen MR) is 71.3 cm³/mol. The number of fused-ring (bicyclic) bond motifs is 2. The number of para-hydroxylation sites is 2. The molecule has 2 aliphatic heterocycles. The highest BCUT2D eigenvalue weighted by atomic mass is 16.8. The van der Waals surface area contributed by atoms with Crippen molar-refractivity contribution in [3.05, 3.63) is 59.7 Å². The molecule has 20 heavy (non-hydrogen) atoms. The Morgan fingerprint density at radius 1 is 0.650 bits per heavy atom. The fraction of sp³-hybridized carbons (Fsp3) is 0.250. The Morgan fingerprint density at radius 3 is 1.60 bits per heavy atom. The molecular weight excluding hydrogens is 256 g/mol. The third-order valence-corrected chi connectivity index (χ3v) is 3.46. The van der Waals surface area contributed by atoms with E-state index in [0.29, 0.717) is 13.2 Å². The minimum Gasteiger partial charge on any atom is -0.458 e. The first kappa shape index (κ1) is 11.8. The molecule has 0 saturated heterocycles. The molecule has 2 aliphatic rings. The number of hydrogen-bond donors (Lipinski definition) is 0. The molecule has 0 bridgehead atoms. The number of hydrogen-bond acceptors (Lipinski definition) is 4. The van der Waals surface area contributed by atoms with Crippen LogP contribution in [0, 0.1) is 0 Å². The second-order valence-corrected chi connectivity index (χ2v) is 4.81. The zero-order valence-corrected chi connectivity index (χ0v) is 10.8. The van der Waals surface area contributed by atoms with E-state index in [2.05, 4.69) is 0 Å². The molecule has 102 valence electrons. The van der Waals surface area contributed by atoms with E-state index in [4.69, 9.17) is 18.9 Å². The summed E-state index contributed by atoms with van der Waals surface area (Å²) in [6, 6.07) is 15.7. The van der Waals surface area contributed by atoms with Crippen LogP contribution in [-0.4, -0.2) is 12.6 Å². The second kappa shape index (κ2) is 4.81. The van der Waals surface area contributed by atoms with Gasteiger partial charge in [0.15, 0.2) is 0 Å². The van der Waals surface area contributed by atoms with Crippen molar-refractivity contribution < 1.29 is 18.9 Å². The highest BCUT2D eigenvalue weighted by Crippen LogP contribution is 2.32. The molecule has 0 spiro atoms. The van der Waals surface area contributed by atoms with Gasteiger partial charge in [0.05, 0.1) is 13.2 Å². The van der Waals surface area contributed by atoms with Crippen molar-refractivity contribution in [1.82, 2.24) is 0 Å². The molecule has 0 amide bonds. The van der Waals surface area contributed by atoms with Crippen molar-refractivity contribution in [3.8, 4) is 11.5 Å². The van der Waals surface area contributed by atoms with E-state index in [1.165, 1.54) is 0 Å². The van der Waals surface area contributed by atoms with Gasteiger partial charge >= 0.3 is 0 Å². The van der Waals surface area contributed by atoms with Crippen molar-refractivity contribution in [1.29, 1.82) is 0 Å². The molecule has 0 aliphatic carbocycles. The van der Waals surface area contributed by atoms with Crippen LogP contribution < -0.4 is 9.47 Å². The van der Waals surface area contributed by atoms with Gasteiger partial charge in [0.1, 0.15) is 11.5 Å². The number of benzene rings is 2. The van der Waals surface area contributed by atoms with Crippen LogP contribution in [0.25, 0.3) is 0 Å². The van der Waals surface area contributed by atoms with Crippen LogP contribution in [0.4, 0.5) is 0 Å². The summed E-state index contributed by atoms with van der Waals surface area (Å²) < 4.78 is 23.0. The smallest absolute Gasteiger partial charge is 0.263 e. The van der Waals surface area contributed by atoms with E-state index < -0.39 is 12.6 Å². The Labute approximate surface area is 116 Å². The molecule has 4 nitrogen and oxygen atoms in total. The third-order valence-electron chi connectivity index (χ3n) is 3.46. The van der Waals surface area contributed by atoms with Crippen LogP contribution in [0.1, 0.15) is 11.1 Å². The van der Waals surface area contributed by atoms with Crippen LogP contribution in [0.15, 0.2) is 48.5 Å². The molecule has 2 aromatic carbocycles. The average molecular weight is 270 g/mol. The van der Waals surface area contributed by atoms with Gasteiger partial charge in [0, 0.05) is 11.1 Å². The van der Waals surface area contributed by atoms with Crippen LogP contribution in [0.2, 0.25) is 0 Å². The van der Waals surface area contributed by atoms with Gasteiger partial charge < -0.3 is 18.9 Å². The summed E-state index contributed by atoms with van der Waals surface area (Å²) in [6.45, 7) is 1.01. The summed E-state index contributed by atoms with van der Waals surface area (Å²) in [6.07, 6.45) is -1.09. The fourth-order valence-electron chi connectivity index (χ4n) is 2.41. The molecule has 2 heterocycles. The number of rotatable bonds is 1. The van der Waals surface area contributed by atoms with Crippen LogP contribution in [-0.2, 0) is 22.7 Å². The first-order chi connectivity index (χ1) is 9.90. The first-order valence-corrected chi connectivity index (χ1v) is 6.62. The minimum absolute atomic E-state index is 0.506. The first-order valence-electron chi connectivity index (χ1n) is 6.62. The van der Waals surface area contributed by atoms with Gasteiger partial charge in [0.2, 0.25) is 0 Å². The van der Waals surface area contributed by atoms with Gasteiger partial charge in [-0.2, -0.15) is 0 Å². The van der Waals surface area contributed by atoms with E-state index in [1.54, 1.807) is 0 Å². The Morgan fingerprint density at radius 2 is 1.10 bits per heavy atom. The molecule has 0 aromatic heterocycles. The van der Waals surface area contributed by atoms with Crippen molar-refractivity contribution in [3.63, 3.8) is 0 Å². The molecular formula is C16H14O4. The van der Waals surface area contributed by atoms with Crippen molar-refractivity contribution in [2.75, 3.05) is 0 Å². The summed E-state index contributed by atoms with van der Waals surface area (Å²) in [5, 5.41) is 0. The lowest BCUT2D eigenvalue weighted by Crippen LogP contribution is -2.44. The standard InChI is InChI=1S/C16H14O4/c1-3-7-13-11(5-1)9-17-15(19-13)16-18-10-12-6-2-4-8-14(12)20-16/h1-8,15-16H,9-10H2. The monoisotopic (exact) mass is 270 g/mol. The molecule has 0 N–H and O–H groups in total. The maximum Gasteiger partial charge on any atom is 0.263 e. The van der Waals surface area contributed by atoms with Crippen molar-refractivity contribution >= 4 is 0 Å². The van der Waals surface area contributed by atoms with Gasteiger partial charge in [-0.3, -0.25) is 0 Å². The summed E-state index contributed by atoms with van der Waals surface area (Å²) in [5.74, 6) is 1.66. The van der Waals surface area contributed by atoms with Crippen molar-refractivity contribution in [2.45, 2.75) is 25.8 Å². The Bertz CT molecular complexity index is 570. The summed E-state index contributed by atoms with van der Waals surface area (Å²) in [5.41, 5.74) is 2.08. The fourth-order valence-corrected chi connectivity index (χ4v) is 2.41. The van der Waals surface area contributed by atoms with Crippen LogP contribution >= 0.6 is 0 Å². The van der Waals surface area contributed by atoms with E-state index in [-0.39, 0.29) is 0 Å². The number of ether oxygens (including phenoxy) is 4. The van der Waals surface area contributed by atoms with Gasteiger partial charge in [-0.1, -0.05) is 36.4 Å². The Balaban J connectivity index is 1.53. The maximum atomic E-state index is 5.81. The SMILES string of the molecule is c1ccc2c(c1)COC(C1OCc3ccccc3O1)O2. The van der Waals surface area contributed by atoms with Crippen molar-refractivity contribution in [2.24, 2.45) is 0 Å². The molecule has 4 rings (SSSR count). The Hall–Kier alpha value is -2.04. The van der Waals surface area contributed by atoms with E-state index in [1.807, 2.05) is 48.5 Å². The second-order valence-electron chi connectivity index (χ2n) is 4.81. The highest BCUT2D eigenvalue weighted by Gasteiger charge is 2.33. The topological polar surface area (TPSA) is 36.9 Å². The third kappa shape index (κ3) is 2.03. The van der Waals surface area contributed by atoms with Gasteiger partial charge in [-0.15, -0.1) is 0 Å². The van der Waals surface area contributed by atoms with E-state index >= 15 is 0 Å². The lowest BCUT2D eigenvalue weighted by Gasteiger charge is -2.34. The predicted octanol–water partition coefficient (Wildman–Crippen LogP) is 2.86.